The number of fused-ring (bicyclic) bond motifs is 2. The third kappa shape index (κ3) is 2.47. The number of benzene rings is 2. The third-order valence-corrected chi connectivity index (χ3v) is 2.78. The number of hydrogen-bond acceptors (Lipinski definition) is 5. The minimum absolute atomic E-state index is 0.754. The molecule has 0 unspecified atom stereocenters. The second-order valence-electron chi connectivity index (χ2n) is 4.01. The van der Waals surface area contributed by atoms with Gasteiger partial charge in [-0.15, -0.1) is 0 Å². The fourth-order valence-electron chi connectivity index (χ4n) is 1.77. The molecule has 0 saturated carbocycles. The Morgan fingerprint density at radius 2 is 1.55 bits per heavy atom. The van der Waals surface area contributed by atoms with Crippen molar-refractivity contribution < 1.29 is 13.6 Å². The van der Waals surface area contributed by atoms with Crippen LogP contribution in [0.2, 0.25) is 0 Å². The second kappa shape index (κ2) is 5.44. The minimum Gasteiger partial charge on any atom is -0.497 e. The molecule has 0 spiro atoms. The summed E-state index contributed by atoms with van der Waals surface area (Å²) in [6.07, 6.45) is 2.87. The Kier molecular flexibility index (Phi) is 3.33. The predicted octanol–water partition coefficient (Wildman–Crippen LogP) is 3.66. The monoisotopic (exact) mass is 268 g/mol. The fraction of sp³-hybridized carbons (Fsp3) is 0.0667. The number of ether oxygens (including phenoxy) is 1. The van der Waals surface area contributed by atoms with Crippen LogP contribution in [0.1, 0.15) is 0 Å². The molecule has 100 valence electrons. The number of methoxy groups -OCH3 is 1. The molecule has 0 fully saturated rings. The molecule has 4 aromatic rings. The number of para-hydroxylation sites is 2. The minimum atomic E-state index is 0.754. The molecular formula is C15H12N2O3. The van der Waals surface area contributed by atoms with Crippen LogP contribution in [0.5, 0.6) is 5.75 Å². The summed E-state index contributed by atoms with van der Waals surface area (Å²) in [7, 11) is 1.62. The first-order valence-electron chi connectivity index (χ1n) is 6.02. The molecular weight excluding hydrogens is 256 g/mol. The van der Waals surface area contributed by atoms with Crippen molar-refractivity contribution in [2.45, 2.75) is 0 Å². The molecule has 2 aromatic carbocycles. The van der Waals surface area contributed by atoms with Crippen molar-refractivity contribution in [2.75, 3.05) is 7.11 Å². The normalized spacial score (nSPS) is 10.2. The fourth-order valence-corrected chi connectivity index (χ4v) is 1.77. The summed E-state index contributed by atoms with van der Waals surface area (Å²) in [5.41, 5.74) is 3.37. The van der Waals surface area contributed by atoms with Crippen LogP contribution >= 0.6 is 0 Å². The van der Waals surface area contributed by atoms with E-state index >= 15 is 0 Å². The van der Waals surface area contributed by atoms with Crippen LogP contribution in [0.15, 0.2) is 64.1 Å². The third-order valence-electron chi connectivity index (χ3n) is 2.78. The molecule has 5 nitrogen and oxygen atoms in total. The highest BCUT2D eigenvalue weighted by molar-refractivity contribution is 5.73. The highest BCUT2D eigenvalue weighted by Crippen LogP contribution is 2.18. The highest BCUT2D eigenvalue weighted by atomic mass is 16.5. The van der Waals surface area contributed by atoms with Gasteiger partial charge >= 0.3 is 0 Å². The molecule has 0 bridgehead atoms. The summed E-state index contributed by atoms with van der Waals surface area (Å²) in [4.78, 5) is 7.92. The summed E-state index contributed by atoms with van der Waals surface area (Å²) in [5, 5.41) is 0. The van der Waals surface area contributed by atoms with Gasteiger partial charge in [0, 0.05) is 6.07 Å². The maximum atomic E-state index is 5.07. The van der Waals surface area contributed by atoms with Gasteiger partial charge in [-0.25, -0.2) is 9.97 Å². The van der Waals surface area contributed by atoms with Crippen LogP contribution in [0.4, 0.5) is 0 Å². The van der Waals surface area contributed by atoms with E-state index in [0.717, 1.165) is 27.9 Å². The number of rotatable bonds is 1. The van der Waals surface area contributed by atoms with Crippen molar-refractivity contribution in [2.24, 2.45) is 0 Å². The van der Waals surface area contributed by atoms with E-state index in [9.17, 15) is 0 Å². The van der Waals surface area contributed by atoms with Crippen molar-refractivity contribution in [3.63, 3.8) is 0 Å². The molecule has 0 N–H and O–H groups in total. The van der Waals surface area contributed by atoms with Crippen molar-refractivity contribution in [1.82, 2.24) is 9.97 Å². The molecule has 0 atom stereocenters. The van der Waals surface area contributed by atoms with E-state index in [1.165, 1.54) is 12.8 Å². The number of nitrogens with zero attached hydrogens (tertiary/aromatic N) is 2. The highest BCUT2D eigenvalue weighted by Gasteiger charge is 1.98. The molecule has 0 aliphatic carbocycles. The zero-order valence-corrected chi connectivity index (χ0v) is 10.8. The van der Waals surface area contributed by atoms with Crippen LogP contribution in [0.25, 0.3) is 22.2 Å². The van der Waals surface area contributed by atoms with E-state index in [1.807, 2.05) is 42.5 Å². The van der Waals surface area contributed by atoms with Gasteiger partial charge in [0.25, 0.3) is 0 Å². The summed E-state index contributed by atoms with van der Waals surface area (Å²) in [6.45, 7) is 0. The van der Waals surface area contributed by atoms with E-state index in [4.69, 9.17) is 13.6 Å². The van der Waals surface area contributed by atoms with Gasteiger partial charge in [0.15, 0.2) is 24.0 Å². The van der Waals surface area contributed by atoms with Gasteiger partial charge in [-0.1, -0.05) is 12.1 Å². The lowest BCUT2D eigenvalue weighted by molar-refractivity contribution is 0.414. The van der Waals surface area contributed by atoms with E-state index in [1.54, 1.807) is 7.11 Å². The van der Waals surface area contributed by atoms with Crippen LogP contribution in [-0.2, 0) is 0 Å². The molecule has 2 aromatic heterocycles. The molecule has 5 heteroatoms. The first-order valence-corrected chi connectivity index (χ1v) is 6.02. The molecule has 0 saturated heterocycles. The Balaban J connectivity index is 0.000000123. The molecule has 20 heavy (non-hydrogen) atoms. The first-order chi connectivity index (χ1) is 9.86. The largest absolute Gasteiger partial charge is 0.497 e. The lowest BCUT2D eigenvalue weighted by Gasteiger charge is -1.95. The van der Waals surface area contributed by atoms with E-state index in [2.05, 4.69) is 9.97 Å². The SMILES string of the molecule is COc1ccc2ncoc2c1.c1ccc2ocnc2c1. The lowest BCUT2D eigenvalue weighted by Crippen LogP contribution is -1.80. The smallest absolute Gasteiger partial charge is 0.181 e. The van der Waals surface area contributed by atoms with Gasteiger partial charge in [-0.2, -0.15) is 0 Å². The van der Waals surface area contributed by atoms with Gasteiger partial charge < -0.3 is 13.6 Å². The zero-order chi connectivity index (χ0) is 13.8. The van der Waals surface area contributed by atoms with Crippen LogP contribution in [-0.4, -0.2) is 17.1 Å². The molecule has 0 aliphatic rings. The van der Waals surface area contributed by atoms with Gasteiger partial charge in [0.1, 0.15) is 16.8 Å². The Hall–Kier alpha value is -2.82. The summed E-state index contributed by atoms with van der Waals surface area (Å²) in [6, 6.07) is 13.2. The van der Waals surface area contributed by atoms with Gasteiger partial charge in [0.2, 0.25) is 0 Å². The zero-order valence-electron chi connectivity index (χ0n) is 10.8. The average Bonchev–Trinajstić information content (AvgIpc) is 3.15. The summed E-state index contributed by atoms with van der Waals surface area (Å²) >= 11 is 0. The lowest BCUT2D eigenvalue weighted by atomic mass is 10.3. The van der Waals surface area contributed by atoms with Crippen LogP contribution < -0.4 is 4.74 Å². The Morgan fingerprint density at radius 3 is 2.30 bits per heavy atom. The van der Waals surface area contributed by atoms with Crippen molar-refractivity contribution >= 4 is 22.2 Å². The van der Waals surface area contributed by atoms with E-state index in [-0.39, 0.29) is 0 Å². The summed E-state index contributed by atoms with van der Waals surface area (Å²) in [5.74, 6) is 0.786. The molecule has 0 aliphatic heterocycles. The molecule has 0 radical (unpaired) electrons. The Labute approximate surface area is 114 Å². The Bertz CT molecular complexity index is 790. The van der Waals surface area contributed by atoms with Crippen molar-refractivity contribution in [3.8, 4) is 5.75 Å². The van der Waals surface area contributed by atoms with Gasteiger partial charge in [0.05, 0.1) is 7.11 Å². The first kappa shape index (κ1) is 12.2. The van der Waals surface area contributed by atoms with Gasteiger partial charge in [-0.3, -0.25) is 0 Å². The predicted molar refractivity (Wildman–Crippen MR) is 74.6 cm³/mol. The Morgan fingerprint density at radius 1 is 0.850 bits per heavy atom. The van der Waals surface area contributed by atoms with E-state index < -0.39 is 0 Å². The van der Waals surface area contributed by atoms with Gasteiger partial charge in [-0.05, 0) is 24.3 Å². The number of aromatic nitrogens is 2. The maximum Gasteiger partial charge on any atom is 0.181 e. The molecule has 2 heterocycles. The van der Waals surface area contributed by atoms with Crippen LogP contribution in [0, 0.1) is 0 Å². The van der Waals surface area contributed by atoms with Crippen LogP contribution in [0.3, 0.4) is 0 Å². The quantitative estimate of drug-likeness (QED) is 0.527. The van der Waals surface area contributed by atoms with E-state index in [0.29, 0.717) is 0 Å². The number of oxazole rings is 2. The maximum absolute atomic E-state index is 5.07. The molecule has 4 rings (SSSR count). The number of hydrogen-bond donors (Lipinski definition) is 0. The van der Waals surface area contributed by atoms with Crippen molar-refractivity contribution in [1.29, 1.82) is 0 Å². The standard InChI is InChI=1S/C8H7NO2.C7H5NO/c1-10-6-2-3-7-8(4-6)11-5-9-7;1-2-4-7-6(3-1)8-5-9-7/h2-5H,1H3;1-5H. The second-order valence-corrected chi connectivity index (χ2v) is 4.01. The topological polar surface area (TPSA) is 61.3 Å². The molecule has 0 amide bonds. The van der Waals surface area contributed by atoms with Crippen molar-refractivity contribution in [3.05, 3.63) is 55.3 Å². The summed E-state index contributed by atoms with van der Waals surface area (Å²) < 4.78 is 15.1. The average molecular weight is 268 g/mol.